The lowest BCUT2D eigenvalue weighted by atomic mass is 10.1. The summed E-state index contributed by atoms with van der Waals surface area (Å²) in [5.41, 5.74) is 10.6. The molecule has 9 aromatic carbocycles. The summed E-state index contributed by atoms with van der Waals surface area (Å²) in [6, 6.07) is 79.2. The lowest BCUT2D eigenvalue weighted by Gasteiger charge is -2.22. The average Bonchev–Trinajstić information content (AvgIpc) is 3.95. The summed E-state index contributed by atoms with van der Waals surface area (Å²) in [6.07, 6.45) is 2.43. The number of nitrogens with zero attached hydrogens (tertiary/aromatic N) is 6. The summed E-state index contributed by atoms with van der Waals surface area (Å²) in [7, 11) is 0. The Morgan fingerprint density at radius 1 is 0.389 bits per heavy atom. The number of benzene rings is 9. The van der Waals surface area contributed by atoms with Crippen molar-refractivity contribution in [2.45, 2.75) is 22.0 Å². The van der Waals surface area contributed by atoms with Gasteiger partial charge in [0.1, 0.15) is 0 Å². The highest BCUT2D eigenvalue weighted by Gasteiger charge is 2.17. The third kappa shape index (κ3) is 10.3. The quantitative estimate of drug-likeness (QED) is 0.0506. The van der Waals surface area contributed by atoms with E-state index in [0.717, 1.165) is 76.5 Å². The molecule has 0 fully saturated rings. The monoisotopic (exact) mass is 976 g/mol. The van der Waals surface area contributed by atoms with Crippen LogP contribution in [-0.4, -0.2) is 68.6 Å². The zero-order valence-corrected chi connectivity index (χ0v) is 41.1. The van der Waals surface area contributed by atoms with Crippen LogP contribution in [0.2, 0.25) is 0 Å². The highest BCUT2D eigenvalue weighted by Crippen LogP contribution is 2.35. The van der Waals surface area contributed by atoms with Crippen molar-refractivity contribution in [1.82, 2.24) is 9.13 Å². The van der Waals surface area contributed by atoms with Gasteiger partial charge in [-0.15, -0.1) is 23.5 Å². The van der Waals surface area contributed by atoms with E-state index in [1.807, 2.05) is 101 Å². The van der Waals surface area contributed by atoms with Crippen LogP contribution in [0.4, 0.5) is 11.4 Å². The molecule has 2 unspecified atom stereocenters. The summed E-state index contributed by atoms with van der Waals surface area (Å²) < 4.78 is 4.61. The molecule has 2 atom stereocenters. The Labute approximate surface area is 427 Å². The van der Waals surface area contributed by atoms with Gasteiger partial charge in [-0.2, -0.15) is 10.2 Å². The maximum Gasteiger partial charge on any atom is 0.0830 e. The number of anilines is 2. The van der Waals surface area contributed by atoms with Crippen LogP contribution in [0.25, 0.3) is 55.0 Å². The van der Waals surface area contributed by atoms with Crippen LogP contribution < -0.4 is 10.0 Å². The number of thioether (sulfide) groups is 2. The van der Waals surface area contributed by atoms with Crippen LogP contribution in [0.15, 0.2) is 251 Å². The Morgan fingerprint density at radius 3 is 1.19 bits per heavy atom. The molecule has 0 radical (unpaired) electrons. The molecule has 72 heavy (non-hydrogen) atoms. The Hall–Kier alpha value is -7.86. The second kappa shape index (κ2) is 21.6. The molecule has 0 amide bonds. The number of aliphatic hydroxyl groups is 2. The van der Waals surface area contributed by atoms with Gasteiger partial charge in [0.2, 0.25) is 0 Å². The number of aromatic nitrogens is 2. The van der Waals surface area contributed by atoms with Gasteiger partial charge in [-0.05, 0) is 114 Å². The molecule has 11 rings (SSSR count). The van der Waals surface area contributed by atoms with Crippen LogP contribution in [0.5, 0.6) is 0 Å². The molecule has 354 valence electrons. The Bertz CT molecular complexity index is 3420. The van der Waals surface area contributed by atoms with Gasteiger partial charge in [-0.3, -0.25) is 10.0 Å². The van der Waals surface area contributed by atoms with Crippen LogP contribution in [-0.2, 0) is 0 Å². The van der Waals surface area contributed by atoms with E-state index in [4.69, 9.17) is 10.2 Å². The lowest BCUT2D eigenvalue weighted by Crippen LogP contribution is -2.30. The Morgan fingerprint density at radius 2 is 0.764 bits per heavy atom. The first kappa shape index (κ1) is 46.5. The maximum atomic E-state index is 11.5. The molecule has 0 aliphatic carbocycles. The molecule has 10 heteroatoms. The molecule has 0 aliphatic rings. The summed E-state index contributed by atoms with van der Waals surface area (Å²) in [4.78, 5) is 2.09. The zero-order valence-electron chi connectivity index (χ0n) is 39.5. The third-order valence-electron chi connectivity index (χ3n) is 12.7. The highest BCUT2D eigenvalue weighted by molar-refractivity contribution is 8.00. The molecule has 8 nitrogen and oxygen atoms in total. The van der Waals surface area contributed by atoms with Gasteiger partial charge < -0.3 is 19.3 Å². The van der Waals surface area contributed by atoms with Crippen LogP contribution in [0, 0.1) is 0 Å². The van der Waals surface area contributed by atoms with Crippen molar-refractivity contribution in [2.75, 3.05) is 34.6 Å². The van der Waals surface area contributed by atoms with Crippen molar-refractivity contribution < 1.29 is 10.2 Å². The molecular weight excluding hydrogens is 925 g/mol. The number of para-hydroxylation sites is 6. The Balaban J connectivity index is 0.737. The highest BCUT2D eigenvalue weighted by atomic mass is 32.2. The molecule has 0 saturated carbocycles. The van der Waals surface area contributed by atoms with E-state index in [9.17, 15) is 10.2 Å². The SMILES string of the molecule is OC(CSc1cccc(SCC(O)CN(/N=C/c2ccc3c(c2)c2ccccc2n3-c2ccccc2)c2ccccc2)c1)CN(/N=C/c1ccc2c(c1)c1ccccc1n2-c1ccccc1)c1ccccc1. The summed E-state index contributed by atoms with van der Waals surface area (Å²) >= 11 is 3.22. The number of hydrogen-bond donors (Lipinski definition) is 2. The summed E-state index contributed by atoms with van der Waals surface area (Å²) in [5.74, 6) is 0.958. The minimum absolute atomic E-state index is 0.317. The number of fused-ring (bicyclic) bond motifs is 6. The summed E-state index contributed by atoms with van der Waals surface area (Å²) in [6.45, 7) is 0.634. The first-order valence-corrected chi connectivity index (χ1v) is 26.1. The molecule has 2 aromatic heterocycles. The van der Waals surface area contributed by atoms with Gasteiger partial charge >= 0.3 is 0 Å². The van der Waals surface area contributed by atoms with Crippen molar-refractivity contribution in [3.05, 3.63) is 242 Å². The van der Waals surface area contributed by atoms with E-state index >= 15 is 0 Å². The van der Waals surface area contributed by atoms with E-state index in [0.29, 0.717) is 24.6 Å². The first-order valence-electron chi connectivity index (χ1n) is 24.1. The molecule has 0 aliphatic heterocycles. The predicted octanol–water partition coefficient (Wildman–Crippen LogP) is 13.9. The fourth-order valence-electron chi connectivity index (χ4n) is 9.31. The van der Waals surface area contributed by atoms with E-state index in [2.05, 4.69) is 161 Å². The normalized spacial score (nSPS) is 12.7. The molecule has 0 spiro atoms. The molecular formula is C62H52N6O2S2. The zero-order chi connectivity index (χ0) is 48.6. The molecule has 2 heterocycles. The van der Waals surface area contributed by atoms with Gasteiger partial charge in [0.15, 0.2) is 0 Å². The summed E-state index contributed by atoms with van der Waals surface area (Å²) in [5, 5.41) is 41.3. The minimum Gasteiger partial charge on any atom is -0.390 e. The van der Waals surface area contributed by atoms with Crippen molar-refractivity contribution in [3.63, 3.8) is 0 Å². The number of rotatable bonds is 18. The van der Waals surface area contributed by atoms with Crippen LogP contribution in [0.3, 0.4) is 0 Å². The van der Waals surface area contributed by atoms with Gasteiger partial charge in [-0.25, -0.2) is 0 Å². The fraction of sp³-hybridized carbons (Fsp3) is 0.0968. The minimum atomic E-state index is -0.669. The van der Waals surface area contributed by atoms with Gasteiger partial charge in [0.05, 0.1) is 71.2 Å². The average molecular weight is 977 g/mol. The number of aliphatic hydroxyl groups excluding tert-OH is 2. The topological polar surface area (TPSA) is 81.5 Å². The van der Waals surface area contributed by atoms with E-state index < -0.39 is 12.2 Å². The molecule has 0 bridgehead atoms. The van der Waals surface area contributed by atoms with Crippen LogP contribution in [0.1, 0.15) is 11.1 Å². The van der Waals surface area contributed by atoms with Gasteiger partial charge in [0, 0.05) is 54.2 Å². The fourth-order valence-corrected chi connectivity index (χ4v) is 11.1. The molecule has 11 aromatic rings. The van der Waals surface area contributed by atoms with Crippen molar-refractivity contribution in [3.8, 4) is 11.4 Å². The number of hydrogen-bond acceptors (Lipinski definition) is 8. The van der Waals surface area contributed by atoms with Gasteiger partial charge in [-0.1, -0.05) is 127 Å². The molecule has 2 N–H and O–H groups in total. The van der Waals surface area contributed by atoms with Crippen molar-refractivity contribution in [2.24, 2.45) is 10.2 Å². The van der Waals surface area contributed by atoms with Crippen LogP contribution >= 0.6 is 23.5 Å². The van der Waals surface area contributed by atoms with Gasteiger partial charge in [0.25, 0.3) is 0 Å². The second-order valence-electron chi connectivity index (χ2n) is 17.7. The smallest absolute Gasteiger partial charge is 0.0830 e. The third-order valence-corrected chi connectivity index (χ3v) is 15.0. The van der Waals surface area contributed by atoms with E-state index in [1.165, 1.54) is 10.8 Å². The van der Waals surface area contributed by atoms with Crippen molar-refractivity contribution in [1.29, 1.82) is 0 Å². The predicted molar refractivity (Wildman–Crippen MR) is 304 cm³/mol. The largest absolute Gasteiger partial charge is 0.390 e. The maximum absolute atomic E-state index is 11.5. The van der Waals surface area contributed by atoms with E-state index in [1.54, 1.807) is 23.5 Å². The standard InChI is InChI=1S/C62H52N6O2S2/c69-51(41-65(47-18-5-1-6-19-47)63-39-45-32-34-61-57(36-45)55-28-13-15-30-59(55)67(61)49-22-9-3-10-23-49)43-71-53-26-17-27-54(38-53)72-44-52(70)42-66(48-20-7-2-8-21-48)64-40-46-33-35-62-58(37-46)56-29-14-16-31-60(56)68(62)50-24-11-4-12-25-50/h1-40,51-52,69-70H,41-44H2/b63-39+,64-40+. The second-order valence-corrected chi connectivity index (χ2v) is 19.8. The first-order chi connectivity index (χ1) is 35.5. The Kier molecular flexibility index (Phi) is 14.0. The lowest BCUT2D eigenvalue weighted by molar-refractivity contribution is 0.204. The van der Waals surface area contributed by atoms with Crippen molar-refractivity contribution >= 4 is 90.9 Å². The molecule has 0 saturated heterocycles. The van der Waals surface area contributed by atoms with E-state index in [-0.39, 0.29) is 0 Å². The number of hydrazone groups is 2.